The van der Waals surface area contributed by atoms with Gasteiger partial charge >= 0.3 is 0 Å². The summed E-state index contributed by atoms with van der Waals surface area (Å²) >= 11 is 0. The maximum absolute atomic E-state index is 13.7. The number of benzene rings is 1. The monoisotopic (exact) mass is 427 g/mol. The lowest BCUT2D eigenvalue weighted by Gasteiger charge is -2.22. The second-order valence-electron chi connectivity index (χ2n) is 8.44. The molecule has 1 heterocycles. The maximum Gasteiger partial charge on any atom is 0.223 e. The van der Waals surface area contributed by atoms with E-state index in [9.17, 15) is 14.0 Å². The number of carbonyl (C=O) groups excluding carboxylic acids is 2. The third kappa shape index (κ3) is 5.81. The fourth-order valence-electron chi connectivity index (χ4n) is 4.39. The minimum absolute atomic E-state index is 0.00967. The van der Waals surface area contributed by atoms with Gasteiger partial charge < -0.3 is 15.4 Å². The Hall–Kier alpha value is -2.96. The first-order chi connectivity index (χ1) is 14.7. The Kier molecular flexibility index (Phi) is 7.25. The molecule has 0 saturated heterocycles. The van der Waals surface area contributed by atoms with E-state index in [0.29, 0.717) is 41.2 Å². The summed E-state index contributed by atoms with van der Waals surface area (Å²) in [5.41, 5.74) is 1.28. The molecule has 166 valence electrons. The Bertz CT molecular complexity index is 978. The topological polar surface area (TPSA) is 80.3 Å². The van der Waals surface area contributed by atoms with E-state index in [4.69, 9.17) is 4.74 Å². The van der Waals surface area contributed by atoms with Crippen molar-refractivity contribution in [1.29, 1.82) is 0 Å². The zero-order valence-electron chi connectivity index (χ0n) is 18.3. The van der Waals surface area contributed by atoms with Gasteiger partial charge in [0.1, 0.15) is 11.6 Å². The van der Waals surface area contributed by atoms with Crippen LogP contribution >= 0.6 is 0 Å². The Labute approximate surface area is 182 Å². The van der Waals surface area contributed by atoms with Crippen molar-refractivity contribution >= 4 is 22.7 Å². The van der Waals surface area contributed by atoms with E-state index in [1.807, 2.05) is 6.92 Å². The van der Waals surface area contributed by atoms with Crippen LogP contribution in [-0.4, -0.2) is 29.4 Å². The number of hydrogen-bond donors (Lipinski definition) is 2. The van der Waals surface area contributed by atoms with Crippen LogP contribution in [0.1, 0.15) is 40.0 Å². The normalized spacial score (nSPS) is 21.5. The summed E-state index contributed by atoms with van der Waals surface area (Å²) in [5, 5.41) is 6.22. The molecule has 0 aliphatic heterocycles. The number of halogens is 1. The molecule has 2 aromatic rings. The summed E-state index contributed by atoms with van der Waals surface area (Å²) in [6.45, 7) is 9.71. The van der Waals surface area contributed by atoms with Crippen LogP contribution in [0.5, 0.6) is 5.75 Å². The number of ether oxygens (including phenoxy) is 1. The number of nitrogens with one attached hydrogen (secondary N) is 2. The lowest BCUT2D eigenvalue weighted by atomic mass is 9.85. The van der Waals surface area contributed by atoms with Crippen LogP contribution in [0, 0.1) is 23.6 Å². The summed E-state index contributed by atoms with van der Waals surface area (Å²) in [4.78, 5) is 27.9. The Morgan fingerprint density at radius 1 is 1.32 bits per heavy atom. The number of rotatable bonds is 8. The van der Waals surface area contributed by atoms with Crippen molar-refractivity contribution in [2.24, 2.45) is 17.8 Å². The van der Waals surface area contributed by atoms with Crippen molar-refractivity contribution in [2.75, 3.05) is 6.54 Å². The van der Waals surface area contributed by atoms with Crippen LogP contribution in [0.25, 0.3) is 10.9 Å². The van der Waals surface area contributed by atoms with Crippen LogP contribution in [0.15, 0.2) is 42.7 Å². The number of pyridine rings is 1. The van der Waals surface area contributed by atoms with Crippen molar-refractivity contribution in [3.63, 3.8) is 0 Å². The minimum Gasteiger partial charge on any atom is -0.490 e. The van der Waals surface area contributed by atoms with E-state index in [0.717, 1.165) is 12.8 Å². The van der Waals surface area contributed by atoms with E-state index >= 15 is 0 Å². The summed E-state index contributed by atoms with van der Waals surface area (Å²) in [7, 11) is 0. The summed E-state index contributed by atoms with van der Waals surface area (Å²) < 4.78 is 19.9. The molecule has 3 rings (SSSR count). The van der Waals surface area contributed by atoms with Crippen molar-refractivity contribution in [2.45, 2.75) is 46.1 Å². The largest absolute Gasteiger partial charge is 0.490 e. The highest BCUT2D eigenvalue weighted by Gasteiger charge is 2.38. The van der Waals surface area contributed by atoms with Crippen LogP contribution in [0.2, 0.25) is 0 Å². The molecule has 6 nitrogen and oxygen atoms in total. The second-order valence-corrected chi connectivity index (χ2v) is 8.44. The van der Waals surface area contributed by atoms with E-state index in [2.05, 4.69) is 29.1 Å². The molecular weight excluding hydrogens is 397 g/mol. The van der Waals surface area contributed by atoms with E-state index in [-0.39, 0.29) is 35.6 Å². The molecule has 4 atom stereocenters. The molecule has 31 heavy (non-hydrogen) atoms. The number of amides is 2. The number of nitrogens with zero attached hydrogens (tertiary/aromatic N) is 1. The molecule has 1 saturated carbocycles. The highest BCUT2D eigenvalue weighted by Crippen LogP contribution is 2.39. The minimum atomic E-state index is -0.325. The molecular formula is C24H30FN3O3. The number of hydrogen-bond acceptors (Lipinski definition) is 4. The third-order valence-corrected chi connectivity index (χ3v) is 5.99. The van der Waals surface area contributed by atoms with Gasteiger partial charge in [-0.05, 0) is 48.9 Å². The fourth-order valence-corrected chi connectivity index (χ4v) is 4.39. The molecule has 7 heteroatoms. The molecule has 1 fully saturated rings. The summed E-state index contributed by atoms with van der Waals surface area (Å²) in [6, 6.07) is 6.24. The highest BCUT2D eigenvalue weighted by molar-refractivity contribution is 5.84. The first kappa shape index (κ1) is 22.7. The van der Waals surface area contributed by atoms with Gasteiger partial charge in [-0.1, -0.05) is 20.4 Å². The van der Waals surface area contributed by atoms with Crippen molar-refractivity contribution in [3.8, 4) is 5.75 Å². The lowest BCUT2D eigenvalue weighted by molar-refractivity contribution is -0.126. The van der Waals surface area contributed by atoms with Crippen molar-refractivity contribution < 1.29 is 18.7 Å². The van der Waals surface area contributed by atoms with Gasteiger partial charge in [-0.25, -0.2) is 4.39 Å². The molecule has 0 spiro atoms. The highest BCUT2D eigenvalue weighted by atomic mass is 19.1. The smallest absolute Gasteiger partial charge is 0.223 e. The van der Waals surface area contributed by atoms with Crippen LogP contribution in [0.3, 0.4) is 0 Å². The average molecular weight is 428 g/mol. The predicted molar refractivity (Wildman–Crippen MR) is 118 cm³/mol. The van der Waals surface area contributed by atoms with Crippen LogP contribution in [-0.2, 0) is 9.59 Å². The molecule has 4 unspecified atom stereocenters. The molecule has 1 aromatic heterocycles. The Morgan fingerprint density at radius 3 is 2.84 bits per heavy atom. The molecule has 2 amide bonds. The predicted octanol–water partition coefficient (Wildman–Crippen LogP) is 3.96. The molecule has 1 aliphatic rings. The maximum atomic E-state index is 13.7. The van der Waals surface area contributed by atoms with Gasteiger partial charge in [-0.3, -0.25) is 14.6 Å². The van der Waals surface area contributed by atoms with E-state index < -0.39 is 0 Å². The van der Waals surface area contributed by atoms with Crippen molar-refractivity contribution in [3.05, 3.63) is 48.6 Å². The van der Waals surface area contributed by atoms with Gasteiger partial charge in [0.15, 0.2) is 0 Å². The molecule has 1 aliphatic carbocycles. The van der Waals surface area contributed by atoms with Gasteiger partial charge in [0.05, 0.1) is 11.6 Å². The zero-order chi connectivity index (χ0) is 22.5. The molecule has 1 aromatic carbocycles. The van der Waals surface area contributed by atoms with Gasteiger partial charge in [-0.15, -0.1) is 0 Å². The van der Waals surface area contributed by atoms with Crippen LogP contribution in [0.4, 0.5) is 4.39 Å². The molecule has 2 N–H and O–H groups in total. The summed E-state index contributed by atoms with van der Waals surface area (Å²) in [6.07, 6.45) is 3.71. The SMILES string of the molecule is C=C(CCNC(=O)C(C)C1CC(Oc2ccnc3ccc(F)cc23)CC1C)NC(C)=O. The second kappa shape index (κ2) is 9.90. The number of aromatic nitrogens is 1. The van der Waals surface area contributed by atoms with E-state index in [1.165, 1.54) is 19.1 Å². The summed E-state index contributed by atoms with van der Waals surface area (Å²) in [5.74, 6) is 0.470. The van der Waals surface area contributed by atoms with Gasteiger partial charge in [0.2, 0.25) is 11.8 Å². The average Bonchev–Trinajstić information content (AvgIpc) is 3.07. The standard InChI is InChI=1S/C24H30FN3O3/c1-14-11-19(31-23-8-10-26-22-6-5-18(25)12-21(22)23)13-20(14)16(3)24(30)27-9-7-15(2)28-17(4)29/h5-6,8,10,12,14,16,19-20H,2,7,9,11,13H2,1,3-4H3,(H,27,30)(H,28,29). The first-order valence-electron chi connectivity index (χ1n) is 10.7. The van der Waals surface area contributed by atoms with E-state index in [1.54, 1.807) is 18.3 Å². The lowest BCUT2D eigenvalue weighted by Crippen LogP contribution is -2.35. The number of carbonyl (C=O) groups is 2. The number of fused-ring (bicyclic) bond motifs is 1. The third-order valence-electron chi connectivity index (χ3n) is 5.99. The van der Waals surface area contributed by atoms with Gasteiger partial charge in [0, 0.05) is 43.1 Å². The molecule has 0 radical (unpaired) electrons. The fraction of sp³-hybridized carbons (Fsp3) is 0.458. The Balaban J connectivity index is 1.57. The Morgan fingerprint density at radius 2 is 2.10 bits per heavy atom. The quantitative estimate of drug-likeness (QED) is 0.668. The van der Waals surface area contributed by atoms with Crippen molar-refractivity contribution in [1.82, 2.24) is 15.6 Å². The first-order valence-corrected chi connectivity index (χ1v) is 10.7. The van der Waals surface area contributed by atoms with Crippen LogP contribution < -0.4 is 15.4 Å². The zero-order valence-corrected chi connectivity index (χ0v) is 18.3. The van der Waals surface area contributed by atoms with Gasteiger partial charge in [0.25, 0.3) is 0 Å². The molecule has 0 bridgehead atoms. The van der Waals surface area contributed by atoms with Gasteiger partial charge in [-0.2, -0.15) is 0 Å².